The van der Waals surface area contributed by atoms with Gasteiger partial charge in [0, 0.05) is 11.4 Å². The predicted octanol–water partition coefficient (Wildman–Crippen LogP) is 4.69. The van der Waals surface area contributed by atoms with E-state index in [0.29, 0.717) is 29.4 Å². The number of rotatable bonds is 7. The van der Waals surface area contributed by atoms with Gasteiger partial charge in [-0.1, -0.05) is 37.1 Å². The highest BCUT2D eigenvalue weighted by Gasteiger charge is 2.33. The van der Waals surface area contributed by atoms with Crippen LogP contribution in [0.3, 0.4) is 0 Å². The zero-order valence-corrected chi connectivity index (χ0v) is 16.2. The molecule has 0 aromatic heterocycles. The smallest absolute Gasteiger partial charge is 0.354 e. The summed E-state index contributed by atoms with van der Waals surface area (Å²) in [6.45, 7) is 2.40. The van der Waals surface area contributed by atoms with Gasteiger partial charge in [0.1, 0.15) is 5.71 Å². The van der Waals surface area contributed by atoms with E-state index in [1.807, 2.05) is 19.1 Å². The van der Waals surface area contributed by atoms with Crippen LogP contribution < -0.4 is 5.01 Å². The Balaban J connectivity index is 1.89. The minimum absolute atomic E-state index is 0.189. The number of unbranched alkanes of at least 4 members (excludes halogenated alkanes) is 1. The number of halogens is 1. The average Bonchev–Trinajstić information content (AvgIpc) is 3.14. The van der Waals surface area contributed by atoms with Crippen molar-refractivity contribution < 1.29 is 19.4 Å². The summed E-state index contributed by atoms with van der Waals surface area (Å²) >= 11 is 6.00. The Morgan fingerprint density at radius 1 is 1.18 bits per heavy atom. The van der Waals surface area contributed by atoms with Crippen LogP contribution in [0.5, 0.6) is 0 Å². The molecule has 0 saturated carbocycles. The van der Waals surface area contributed by atoms with E-state index in [0.717, 1.165) is 18.4 Å². The molecule has 1 aliphatic heterocycles. The molecule has 1 aliphatic rings. The van der Waals surface area contributed by atoms with Gasteiger partial charge in [-0.2, -0.15) is 5.10 Å². The van der Waals surface area contributed by atoms with Gasteiger partial charge >= 0.3 is 11.9 Å². The number of aromatic carboxylic acids is 1. The summed E-state index contributed by atoms with van der Waals surface area (Å²) in [7, 11) is 0. The van der Waals surface area contributed by atoms with Crippen molar-refractivity contribution in [2.75, 3.05) is 11.6 Å². The van der Waals surface area contributed by atoms with Gasteiger partial charge in [-0.15, -0.1) is 0 Å². The van der Waals surface area contributed by atoms with Crippen LogP contribution in [-0.4, -0.2) is 29.4 Å². The lowest BCUT2D eigenvalue weighted by molar-refractivity contribution is -0.135. The van der Waals surface area contributed by atoms with E-state index in [9.17, 15) is 9.59 Å². The Morgan fingerprint density at radius 2 is 1.86 bits per heavy atom. The second-order valence-corrected chi connectivity index (χ2v) is 6.94. The number of carbonyl (C=O) groups is 2. The first kappa shape index (κ1) is 19.9. The van der Waals surface area contributed by atoms with Crippen molar-refractivity contribution in [2.24, 2.45) is 5.10 Å². The van der Waals surface area contributed by atoms with Gasteiger partial charge in [-0.3, -0.25) is 5.01 Å². The van der Waals surface area contributed by atoms with Crippen LogP contribution in [0.2, 0.25) is 5.02 Å². The number of hydrogen-bond acceptors (Lipinski definition) is 5. The largest absolute Gasteiger partial charge is 0.478 e. The van der Waals surface area contributed by atoms with Gasteiger partial charge in [-0.25, -0.2) is 9.59 Å². The predicted molar refractivity (Wildman–Crippen MR) is 108 cm³/mol. The molecule has 0 bridgehead atoms. The molecule has 1 unspecified atom stereocenters. The molecular weight excluding hydrogens is 380 g/mol. The van der Waals surface area contributed by atoms with Gasteiger partial charge in [0.25, 0.3) is 0 Å². The molecule has 1 atom stereocenters. The summed E-state index contributed by atoms with van der Waals surface area (Å²) in [6, 6.07) is 13.6. The van der Waals surface area contributed by atoms with Crippen molar-refractivity contribution in [2.45, 2.75) is 32.2 Å². The van der Waals surface area contributed by atoms with E-state index < -0.39 is 11.9 Å². The fraction of sp³-hybridized carbons (Fsp3) is 0.286. The van der Waals surface area contributed by atoms with Crippen LogP contribution in [0.15, 0.2) is 53.6 Å². The second-order valence-electron chi connectivity index (χ2n) is 6.50. The van der Waals surface area contributed by atoms with E-state index in [4.69, 9.17) is 21.4 Å². The maximum Gasteiger partial charge on any atom is 0.354 e. The molecule has 0 radical (unpaired) electrons. The Labute approximate surface area is 168 Å². The van der Waals surface area contributed by atoms with Crippen molar-refractivity contribution in [3.63, 3.8) is 0 Å². The van der Waals surface area contributed by atoms with Crippen molar-refractivity contribution in [3.05, 3.63) is 64.7 Å². The number of nitrogens with zero attached hydrogens (tertiary/aromatic N) is 2. The van der Waals surface area contributed by atoms with E-state index >= 15 is 0 Å². The summed E-state index contributed by atoms with van der Waals surface area (Å²) in [5, 5.41) is 15.9. The number of carboxylic acid groups (broad SMARTS) is 1. The van der Waals surface area contributed by atoms with E-state index in [2.05, 4.69) is 5.10 Å². The van der Waals surface area contributed by atoms with Crippen LogP contribution in [0.25, 0.3) is 0 Å². The number of ether oxygens (including phenoxy) is 1. The highest BCUT2D eigenvalue weighted by atomic mass is 35.5. The molecule has 7 heteroatoms. The van der Waals surface area contributed by atoms with Crippen molar-refractivity contribution >= 4 is 34.9 Å². The number of esters is 1. The third kappa shape index (κ3) is 4.51. The molecule has 0 aliphatic carbocycles. The summed E-state index contributed by atoms with van der Waals surface area (Å²) in [4.78, 5) is 23.5. The lowest BCUT2D eigenvalue weighted by atomic mass is 10.0. The van der Waals surface area contributed by atoms with Gasteiger partial charge in [0.15, 0.2) is 0 Å². The van der Waals surface area contributed by atoms with Crippen LogP contribution in [0.1, 0.15) is 48.1 Å². The molecule has 0 fully saturated rings. The normalized spacial score (nSPS) is 16.0. The lowest BCUT2D eigenvalue weighted by Gasteiger charge is -2.24. The fourth-order valence-corrected chi connectivity index (χ4v) is 3.09. The Bertz CT molecular complexity index is 878. The zero-order valence-electron chi connectivity index (χ0n) is 15.5. The van der Waals surface area contributed by atoms with E-state index in [1.165, 1.54) is 12.1 Å². The van der Waals surface area contributed by atoms with Gasteiger partial charge in [0.2, 0.25) is 0 Å². The molecular formula is C21H21ClN2O4. The minimum Gasteiger partial charge on any atom is -0.478 e. The Hall–Kier alpha value is -2.86. The molecule has 0 saturated heterocycles. The van der Waals surface area contributed by atoms with Crippen LogP contribution >= 0.6 is 11.6 Å². The number of carboxylic acids is 1. The second kappa shape index (κ2) is 8.89. The Kier molecular flexibility index (Phi) is 6.31. The number of hydrazone groups is 1. The first-order valence-electron chi connectivity index (χ1n) is 9.12. The first-order chi connectivity index (χ1) is 13.5. The standard InChI is InChI=1S/C21H21ClN2O4/c1-2-3-12-28-21(27)18-13-19(14-4-8-16(22)9-5-14)24(23-18)17-10-6-15(7-11-17)20(25)26/h4-11,19H,2-3,12-13H2,1H3,(H,25,26). The number of carbonyl (C=O) groups excluding carboxylic acids is 1. The third-order valence-electron chi connectivity index (χ3n) is 4.51. The van der Waals surface area contributed by atoms with Gasteiger partial charge in [0.05, 0.1) is 23.9 Å². The van der Waals surface area contributed by atoms with Crippen molar-refractivity contribution in [3.8, 4) is 0 Å². The topological polar surface area (TPSA) is 79.2 Å². The molecule has 28 heavy (non-hydrogen) atoms. The summed E-state index contributed by atoms with van der Waals surface area (Å²) < 4.78 is 5.31. The van der Waals surface area contributed by atoms with Crippen molar-refractivity contribution in [1.82, 2.24) is 0 Å². The highest BCUT2D eigenvalue weighted by Crippen LogP contribution is 2.36. The number of hydrogen-bond donors (Lipinski definition) is 1. The molecule has 2 aromatic rings. The number of anilines is 1. The van der Waals surface area contributed by atoms with Gasteiger partial charge < -0.3 is 9.84 Å². The third-order valence-corrected chi connectivity index (χ3v) is 4.76. The SMILES string of the molecule is CCCCOC(=O)C1=NN(c2ccc(C(=O)O)cc2)C(c2ccc(Cl)cc2)C1. The summed E-state index contributed by atoms with van der Waals surface area (Å²) in [5.41, 5.74) is 2.18. The van der Waals surface area contributed by atoms with Crippen LogP contribution in [0, 0.1) is 0 Å². The highest BCUT2D eigenvalue weighted by molar-refractivity contribution is 6.37. The molecule has 0 spiro atoms. The van der Waals surface area contributed by atoms with Crippen LogP contribution in [0.4, 0.5) is 5.69 Å². The molecule has 0 amide bonds. The molecule has 6 nitrogen and oxygen atoms in total. The van der Waals surface area contributed by atoms with E-state index in [1.54, 1.807) is 29.3 Å². The molecule has 2 aromatic carbocycles. The molecule has 146 valence electrons. The molecule has 1 heterocycles. The molecule has 3 rings (SSSR count). The first-order valence-corrected chi connectivity index (χ1v) is 9.50. The maximum atomic E-state index is 12.4. The minimum atomic E-state index is -0.995. The van der Waals surface area contributed by atoms with Crippen LogP contribution in [-0.2, 0) is 9.53 Å². The Morgan fingerprint density at radius 3 is 2.46 bits per heavy atom. The zero-order chi connectivity index (χ0) is 20.1. The van der Waals surface area contributed by atoms with Crippen molar-refractivity contribution in [1.29, 1.82) is 0 Å². The van der Waals surface area contributed by atoms with Gasteiger partial charge in [-0.05, 0) is 48.4 Å². The monoisotopic (exact) mass is 400 g/mol. The molecule has 1 N–H and O–H groups in total. The fourth-order valence-electron chi connectivity index (χ4n) is 2.97. The van der Waals surface area contributed by atoms with E-state index in [-0.39, 0.29) is 11.6 Å². The quantitative estimate of drug-likeness (QED) is 0.538. The summed E-state index contributed by atoms with van der Waals surface area (Å²) in [5.74, 6) is -1.41. The summed E-state index contributed by atoms with van der Waals surface area (Å²) in [6.07, 6.45) is 2.14. The average molecular weight is 401 g/mol. The number of benzene rings is 2. The maximum absolute atomic E-state index is 12.4. The lowest BCUT2D eigenvalue weighted by Crippen LogP contribution is -2.19.